The summed E-state index contributed by atoms with van der Waals surface area (Å²) in [6, 6.07) is 7.61. The number of aromatic nitrogens is 2. The Morgan fingerprint density at radius 1 is 1.32 bits per heavy atom. The molecule has 7 heteroatoms. The van der Waals surface area contributed by atoms with Crippen molar-refractivity contribution in [2.45, 2.75) is 6.54 Å². The fourth-order valence-corrected chi connectivity index (χ4v) is 1.64. The van der Waals surface area contributed by atoms with Crippen molar-refractivity contribution >= 4 is 23.8 Å². The van der Waals surface area contributed by atoms with Gasteiger partial charge < -0.3 is 16.0 Å². The smallest absolute Gasteiger partial charge is 0.211 e. The lowest BCUT2D eigenvalue weighted by atomic mass is 10.2. The topological polar surface area (TPSA) is 94.6 Å². The van der Waals surface area contributed by atoms with Crippen molar-refractivity contribution in [3.8, 4) is 0 Å². The number of rotatable bonds is 4. The van der Waals surface area contributed by atoms with E-state index in [1.165, 1.54) is 6.21 Å². The van der Waals surface area contributed by atoms with Gasteiger partial charge in [-0.15, -0.1) is 5.10 Å². The summed E-state index contributed by atoms with van der Waals surface area (Å²) < 4.78 is 1.93. The Balaban J connectivity index is 2.13. The molecule has 0 atom stereocenters. The highest BCUT2D eigenvalue weighted by Gasteiger charge is 2.01. The zero-order valence-corrected chi connectivity index (χ0v) is 10.8. The number of halogens is 1. The van der Waals surface area contributed by atoms with Crippen molar-refractivity contribution in [2.75, 3.05) is 0 Å². The van der Waals surface area contributed by atoms with Crippen molar-refractivity contribution in [3.05, 3.63) is 53.1 Å². The number of benzene rings is 1. The predicted molar refractivity (Wildman–Crippen MR) is 76.2 cm³/mol. The molecule has 1 aromatic carbocycles. The van der Waals surface area contributed by atoms with Gasteiger partial charge in [-0.3, -0.25) is 0 Å². The lowest BCUT2D eigenvalue weighted by Crippen LogP contribution is -2.21. The molecule has 98 valence electrons. The third-order valence-corrected chi connectivity index (χ3v) is 2.61. The van der Waals surface area contributed by atoms with Gasteiger partial charge in [-0.1, -0.05) is 23.7 Å². The van der Waals surface area contributed by atoms with Crippen LogP contribution in [-0.4, -0.2) is 21.7 Å². The first-order valence-corrected chi connectivity index (χ1v) is 5.90. The monoisotopic (exact) mass is 276 g/mol. The minimum atomic E-state index is -0.0907. The van der Waals surface area contributed by atoms with Gasteiger partial charge in [0.2, 0.25) is 5.96 Å². The molecule has 0 saturated heterocycles. The van der Waals surface area contributed by atoms with Crippen LogP contribution in [0.5, 0.6) is 0 Å². The maximum Gasteiger partial charge on any atom is 0.211 e. The molecule has 0 fully saturated rings. The fraction of sp³-hybridized carbons (Fsp3) is 0.0833. The van der Waals surface area contributed by atoms with E-state index in [1.54, 1.807) is 6.20 Å². The minimum absolute atomic E-state index is 0.0907. The summed E-state index contributed by atoms with van der Waals surface area (Å²) in [5, 5.41) is 7.98. The zero-order chi connectivity index (χ0) is 13.7. The van der Waals surface area contributed by atoms with E-state index in [-0.39, 0.29) is 5.96 Å². The molecular weight excluding hydrogens is 264 g/mol. The summed E-state index contributed by atoms with van der Waals surface area (Å²) in [4.78, 5) is 4.16. The number of hydrogen-bond acceptors (Lipinski definition) is 3. The molecule has 0 unspecified atom stereocenters. The van der Waals surface area contributed by atoms with Gasteiger partial charge >= 0.3 is 0 Å². The highest BCUT2D eigenvalue weighted by molar-refractivity contribution is 6.30. The van der Waals surface area contributed by atoms with E-state index in [1.807, 2.05) is 35.0 Å². The van der Waals surface area contributed by atoms with Crippen molar-refractivity contribution in [1.29, 1.82) is 0 Å². The van der Waals surface area contributed by atoms with Gasteiger partial charge in [-0.2, -0.15) is 5.10 Å². The van der Waals surface area contributed by atoms with E-state index >= 15 is 0 Å². The van der Waals surface area contributed by atoms with Gasteiger partial charge in [-0.25, -0.2) is 4.98 Å². The Labute approximate surface area is 115 Å². The average Bonchev–Trinajstić information content (AvgIpc) is 2.79. The standard InChI is InChI=1S/C12H13ClN6/c13-10-3-1-9(2-4-10)8-19-6-5-16-11(19)7-17-18-12(14)15/h1-7H,8H2,(H4,14,15,18)/b17-7+. The maximum absolute atomic E-state index is 5.84. The molecule has 1 aromatic heterocycles. The molecule has 0 radical (unpaired) electrons. The summed E-state index contributed by atoms with van der Waals surface area (Å²) in [5.74, 6) is 0.576. The molecular formula is C12H13ClN6. The summed E-state index contributed by atoms with van der Waals surface area (Å²) >= 11 is 5.84. The molecule has 2 aromatic rings. The van der Waals surface area contributed by atoms with E-state index in [0.29, 0.717) is 17.4 Å². The highest BCUT2D eigenvalue weighted by Crippen LogP contribution is 2.11. The van der Waals surface area contributed by atoms with Crippen LogP contribution in [0.4, 0.5) is 0 Å². The number of hydrogen-bond donors (Lipinski definition) is 2. The normalized spacial score (nSPS) is 10.8. The second kappa shape index (κ2) is 6.01. The molecule has 19 heavy (non-hydrogen) atoms. The van der Waals surface area contributed by atoms with Gasteiger partial charge in [0.25, 0.3) is 0 Å². The van der Waals surface area contributed by atoms with Crippen LogP contribution in [0, 0.1) is 0 Å². The van der Waals surface area contributed by atoms with Crippen molar-refractivity contribution in [1.82, 2.24) is 9.55 Å². The largest absolute Gasteiger partial charge is 0.369 e. The van der Waals surface area contributed by atoms with Gasteiger partial charge in [-0.05, 0) is 17.7 Å². The average molecular weight is 277 g/mol. The first-order chi connectivity index (χ1) is 9.15. The molecule has 0 saturated carbocycles. The van der Waals surface area contributed by atoms with E-state index in [9.17, 15) is 0 Å². The van der Waals surface area contributed by atoms with E-state index in [0.717, 1.165) is 5.56 Å². The first-order valence-electron chi connectivity index (χ1n) is 5.52. The predicted octanol–water partition coefficient (Wildman–Crippen LogP) is 1.19. The quantitative estimate of drug-likeness (QED) is 0.499. The third-order valence-electron chi connectivity index (χ3n) is 2.36. The molecule has 0 amide bonds. The third kappa shape index (κ3) is 3.82. The van der Waals surface area contributed by atoms with Crippen LogP contribution < -0.4 is 11.5 Å². The number of nitrogens with two attached hydrogens (primary N) is 2. The van der Waals surface area contributed by atoms with Crippen LogP contribution in [0.3, 0.4) is 0 Å². The minimum Gasteiger partial charge on any atom is -0.369 e. The molecule has 0 aliphatic heterocycles. The lowest BCUT2D eigenvalue weighted by molar-refractivity contribution is 0.789. The van der Waals surface area contributed by atoms with Crippen LogP contribution in [-0.2, 0) is 6.54 Å². The van der Waals surface area contributed by atoms with E-state index in [4.69, 9.17) is 23.1 Å². The first kappa shape index (κ1) is 13.1. The van der Waals surface area contributed by atoms with Crippen LogP contribution in [0.2, 0.25) is 5.02 Å². The molecule has 0 spiro atoms. The van der Waals surface area contributed by atoms with E-state index in [2.05, 4.69) is 15.2 Å². The number of nitrogens with zero attached hydrogens (tertiary/aromatic N) is 4. The summed E-state index contributed by atoms with van der Waals surface area (Å²) in [6.07, 6.45) is 5.04. The van der Waals surface area contributed by atoms with Gasteiger partial charge in [0.05, 0.1) is 6.21 Å². The number of imidazole rings is 1. The van der Waals surface area contributed by atoms with Gasteiger partial charge in [0, 0.05) is 24.0 Å². The number of guanidine groups is 1. The SMILES string of the molecule is NC(N)=N/N=C/c1nccn1Cc1ccc(Cl)cc1. The molecule has 2 rings (SSSR count). The molecule has 0 aliphatic rings. The summed E-state index contributed by atoms with van der Waals surface area (Å²) in [7, 11) is 0. The molecule has 4 N–H and O–H groups in total. The second-order valence-corrected chi connectivity index (χ2v) is 4.25. The van der Waals surface area contributed by atoms with Crippen LogP contribution in [0.25, 0.3) is 0 Å². The van der Waals surface area contributed by atoms with Crippen molar-refractivity contribution < 1.29 is 0 Å². The van der Waals surface area contributed by atoms with Crippen molar-refractivity contribution in [2.24, 2.45) is 21.7 Å². The molecule has 1 heterocycles. The zero-order valence-electron chi connectivity index (χ0n) is 10.1. The van der Waals surface area contributed by atoms with Crippen LogP contribution >= 0.6 is 11.6 Å². The Kier molecular flexibility index (Phi) is 4.15. The summed E-state index contributed by atoms with van der Waals surface area (Å²) in [6.45, 7) is 0.667. The second-order valence-electron chi connectivity index (χ2n) is 3.81. The Morgan fingerprint density at radius 2 is 2.05 bits per heavy atom. The molecule has 6 nitrogen and oxygen atoms in total. The van der Waals surface area contributed by atoms with Crippen molar-refractivity contribution in [3.63, 3.8) is 0 Å². The Morgan fingerprint density at radius 3 is 2.74 bits per heavy atom. The van der Waals surface area contributed by atoms with Crippen LogP contribution in [0.1, 0.15) is 11.4 Å². The molecule has 0 aliphatic carbocycles. The Hall–Kier alpha value is -2.34. The Bertz CT molecular complexity index is 595. The lowest BCUT2D eigenvalue weighted by Gasteiger charge is -2.04. The summed E-state index contributed by atoms with van der Waals surface area (Å²) in [5.41, 5.74) is 11.5. The maximum atomic E-state index is 5.84. The van der Waals surface area contributed by atoms with Gasteiger partial charge in [0.1, 0.15) is 0 Å². The van der Waals surface area contributed by atoms with E-state index < -0.39 is 0 Å². The van der Waals surface area contributed by atoms with Crippen LogP contribution in [0.15, 0.2) is 46.9 Å². The fourth-order valence-electron chi connectivity index (χ4n) is 1.52. The van der Waals surface area contributed by atoms with Gasteiger partial charge in [0.15, 0.2) is 5.82 Å². The highest BCUT2D eigenvalue weighted by atomic mass is 35.5. The molecule has 0 bridgehead atoms.